The number of rotatable bonds is 4. The van der Waals surface area contributed by atoms with E-state index >= 15 is 0 Å². The quantitative estimate of drug-likeness (QED) is 0.911. The van der Waals surface area contributed by atoms with Gasteiger partial charge in [-0.1, -0.05) is 25.6 Å². The fourth-order valence-electron chi connectivity index (χ4n) is 2.30. The van der Waals surface area contributed by atoms with Crippen LogP contribution in [0.15, 0.2) is 23.0 Å². The van der Waals surface area contributed by atoms with E-state index < -0.39 is 23.8 Å². The van der Waals surface area contributed by atoms with Crippen molar-refractivity contribution in [2.45, 2.75) is 26.1 Å². The molecule has 0 saturated carbocycles. The topological polar surface area (TPSA) is 94.5 Å². The lowest BCUT2D eigenvalue weighted by atomic mass is 9.72. The van der Waals surface area contributed by atoms with Crippen molar-refractivity contribution in [2.75, 3.05) is 0 Å². The van der Waals surface area contributed by atoms with E-state index in [1.807, 2.05) is 12.1 Å². The molecule has 1 aliphatic heterocycles. The Balaban J connectivity index is 2.29. The van der Waals surface area contributed by atoms with Gasteiger partial charge in [0.2, 0.25) is 5.91 Å². The van der Waals surface area contributed by atoms with Crippen LogP contribution in [-0.2, 0) is 10.5 Å². The average Bonchev–Trinajstić information content (AvgIpc) is 2.93. The molecule has 1 atom stereocenters. The van der Waals surface area contributed by atoms with Gasteiger partial charge in [-0.15, -0.1) is 0 Å². The molecule has 0 saturated heterocycles. The van der Waals surface area contributed by atoms with Crippen molar-refractivity contribution in [3.63, 3.8) is 0 Å². The number of aromatic nitrogens is 2. The van der Waals surface area contributed by atoms with Crippen molar-refractivity contribution in [3.05, 3.63) is 28.8 Å². The number of nitrogens with one attached hydrogen (secondary N) is 1. The first kappa shape index (κ1) is 17.0. The summed E-state index contributed by atoms with van der Waals surface area (Å²) in [6.07, 6.45) is 2.42. The van der Waals surface area contributed by atoms with Crippen molar-refractivity contribution in [2.24, 2.45) is 11.3 Å². The SMILES string of the molecule is CC1(C)C(C#N)=C(SCc2nccn2C(F)F)NC(=O)[C@H]1C#N. The predicted molar refractivity (Wildman–Crippen MR) is 78.4 cm³/mol. The van der Waals surface area contributed by atoms with E-state index in [4.69, 9.17) is 5.26 Å². The number of nitrogens with zero attached hydrogens (tertiary/aromatic N) is 4. The lowest BCUT2D eigenvalue weighted by Crippen LogP contribution is -2.44. The van der Waals surface area contributed by atoms with Crippen LogP contribution in [-0.4, -0.2) is 15.5 Å². The second-order valence-electron chi connectivity index (χ2n) is 5.41. The average molecular weight is 337 g/mol. The highest BCUT2D eigenvalue weighted by Crippen LogP contribution is 2.42. The number of hydrogen-bond acceptors (Lipinski definition) is 5. The third kappa shape index (κ3) is 3.06. The largest absolute Gasteiger partial charge is 0.319 e. The van der Waals surface area contributed by atoms with Crippen LogP contribution in [0.5, 0.6) is 0 Å². The number of carbonyl (C=O) groups excluding carboxylic acids is 1. The Bertz CT molecular complexity index is 741. The van der Waals surface area contributed by atoms with Crippen LogP contribution in [0.3, 0.4) is 0 Å². The van der Waals surface area contributed by atoms with Crippen LogP contribution < -0.4 is 5.32 Å². The summed E-state index contributed by atoms with van der Waals surface area (Å²) in [7, 11) is 0. The molecule has 0 bridgehead atoms. The Morgan fingerprint density at radius 1 is 1.52 bits per heavy atom. The van der Waals surface area contributed by atoms with E-state index in [1.165, 1.54) is 6.20 Å². The summed E-state index contributed by atoms with van der Waals surface area (Å²) in [4.78, 5) is 15.9. The standard InChI is InChI=1S/C14H13F2N5OS/c1-14(2)8(5-17)11(22)20-12(9(14)6-18)23-7-10-19-3-4-21(10)13(15)16/h3-4,8,13H,7H2,1-2H3,(H,20,22)/t8-/m1/s1. The molecule has 0 aliphatic carbocycles. The summed E-state index contributed by atoms with van der Waals surface area (Å²) in [5, 5.41) is 21.3. The van der Waals surface area contributed by atoms with Crippen LogP contribution in [0, 0.1) is 34.0 Å². The third-order valence-electron chi connectivity index (χ3n) is 3.64. The van der Waals surface area contributed by atoms with Gasteiger partial charge in [0.15, 0.2) is 0 Å². The van der Waals surface area contributed by atoms with Gasteiger partial charge in [0, 0.05) is 17.8 Å². The first-order chi connectivity index (χ1) is 10.8. The molecular formula is C14H13F2N5OS. The number of amides is 1. The fraction of sp³-hybridized carbons (Fsp3) is 0.429. The minimum atomic E-state index is -2.71. The molecule has 23 heavy (non-hydrogen) atoms. The molecule has 6 nitrogen and oxygen atoms in total. The molecule has 120 valence electrons. The third-order valence-corrected chi connectivity index (χ3v) is 4.64. The summed E-state index contributed by atoms with van der Waals surface area (Å²) < 4.78 is 26.3. The maximum Gasteiger partial charge on any atom is 0.319 e. The van der Waals surface area contributed by atoms with Gasteiger partial charge >= 0.3 is 6.55 Å². The van der Waals surface area contributed by atoms with E-state index in [1.54, 1.807) is 13.8 Å². The second kappa shape index (κ2) is 6.39. The van der Waals surface area contributed by atoms with Crippen LogP contribution in [0.25, 0.3) is 0 Å². The van der Waals surface area contributed by atoms with Gasteiger partial charge in [-0.2, -0.15) is 19.3 Å². The number of nitriles is 2. The van der Waals surface area contributed by atoms with E-state index in [0.717, 1.165) is 18.0 Å². The minimum Gasteiger partial charge on any atom is -0.319 e. The van der Waals surface area contributed by atoms with Crippen LogP contribution >= 0.6 is 11.8 Å². The highest BCUT2D eigenvalue weighted by atomic mass is 32.2. The molecule has 0 aromatic carbocycles. The zero-order valence-electron chi connectivity index (χ0n) is 12.4. The number of imidazole rings is 1. The number of allylic oxidation sites excluding steroid dienone is 1. The number of carbonyl (C=O) groups is 1. The maximum absolute atomic E-state index is 12.8. The van der Waals surface area contributed by atoms with E-state index in [9.17, 15) is 18.8 Å². The van der Waals surface area contributed by atoms with Gasteiger partial charge in [-0.25, -0.2) is 4.98 Å². The number of hydrogen-bond donors (Lipinski definition) is 1. The van der Waals surface area contributed by atoms with Crippen LogP contribution in [0.4, 0.5) is 8.78 Å². The first-order valence-electron chi connectivity index (χ1n) is 6.61. The molecule has 0 fully saturated rings. The van der Waals surface area contributed by atoms with Gasteiger partial charge in [0.05, 0.1) is 28.5 Å². The Hall–Kier alpha value is -2.39. The Kier molecular flexibility index (Phi) is 4.71. The molecule has 0 unspecified atom stereocenters. The van der Waals surface area contributed by atoms with Gasteiger partial charge in [0.1, 0.15) is 11.7 Å². The lowest BCUT2D eigenvalue weighted by molar-refractivity contribution is -0.125. The summed E-state index contributed by atoms with van der Waals surface area (Å²) in [5.41, 5.74) is -0.699. The van der Waals surface area contributed by atoms with Crippen molar-refractivity contribution >= 4 is 17.7 Å². The summed E-state index contributed by atoms with van der Waals surface area (Å²) >= 11 is 1.04. The van der Waals surface area contributed by atoms with Crippen molar-refractivity contribution in [1.82, 2.24) is 14.9 Å². The molecule has 1 aromatic heterocycles. The second-order valence-corrected chi connectivity index (χ2v) is 6.39. The Labute approximate surface area is 135 Å². The summed E-state index contributed by atoms with van der Waals surface area (Å²) in [6.45, 7) is 0.565. The zero-order valence-corrected chi connectivity index (χ0v) is 13.2. The van der Waals surface area contributed by atoms with Crippen molar-refractivity contribution < 1.29 is 13.6 Å². The molecule has 1 N–H and O–H groups in total. The molecule has 1 aromatic rings. The molecule has 0 radical (unpaired) electrons. The summed E-state index contributed by atoms with van der Waals surface area (Å²) in [5.74, 6) is -1.30. The Morgan fingerprint density at radius 2 is 2.22 bits per heavy atom. The first-order valence-corrected chi connectivity index (χ1v) is 7.59. The van der Waals surface area contributed by atoms with Crippen molar-refractivity contribution in [1.29, 1.82) is 10.5 Å². The smallest absolute Gasteiger partial charge is 0.319 e. The van der Waals surface area contributed by atoms with Gasteiger partial charge in [-0.3, -0.25) is 9.36 Å². The zero-order chi connectivity index (χ0) is 17.2. The molecule has 1 aliphatic rings. The van der Waals surface area contributed by atoms with Crippen molar-refractivity contribution in [3.8, 4) is 12.1 Å². The normalized spacial score (nSPS) is 20.1. The van der Waals surface area contributed by atoms with E-state index in [0.29, 0.717) is 4.57 Å². The fourth-order valence-corrected chi connectivity index (χ4v) is 3.43. The van der Waals surface area contributed by atoms with Crippen LogP contribution in [0.2, 0.25) is 0 Å². The van der Waals surface area contributed by atoms with Gasteiger partial charge in [0.25, 0.3) is 0 Å². The number of thioether (sulfide) groups is 1. The highest BCUT2D eigenvalue weighted by molar-refractivity contribution is 8.02. The molecule has 1 amide bonds. The minimum absolute atomic E-state index is 0.0609. The maximum atomic E-state index is 12.8. The number of halogens is 2. The summed E-state index contributed by atoms with van der Waals surface area (Å²) in [6, 6.07) is 3.91. The Morgan fingerprint density at radius 3 is 2.78 bits per heavy atom. The molecule has 9 heteroatoms. The molecule has 2 heterocycles. The number of alkyl halides is 2. The highest BCUT2D eigenvalue weighted by Gasteiger charge is 2.44. The molecule has 0 spiro atoms. The van der Waals surface area contributed by atoms with Crippen LogP contribution in [0.1, 0.15) is 26.2 Å². The van der Waals surface area contributed by atoms with E-state index in [-0.39, 0.29) is 22.2 Å². The molecular weight excluding hydrogens is 324 g/mol. The predicted octanol–water partition coefficient (Wildman–Crippen LogP) is 2.54. The van der Waals surface area contributed by atoms with E-state index in [2.05, 4.69) is 10.3 Å². The van der Waals surface area contributed by atoms with Gasteiger partial charge < -0.3 is 5.32 Å². The lowest BCUT2D eigenvalue weighted by Gasteiger charge is -2.34. The molecule has 2 rings (SSSR count). The monoisotopic (exact) mass is 337 g/mol. The van der Waals surface area contributed by atoms with Gasteiger partial charge in [-0.05, 0) is 0 Å².